The van der Waals surface area contributed by atoms with Crippen LogP contribution in [0.25, 0.3) is 0 Å². The summed E-state index contributed by atoms with van der Waals surface area (Å²) < 4.78 is 0. The molecule has 0 atom stereocenters. The first-order chi connectivity index (χ1) is 15.8. The van der Waals surface area contributed by atoms with Gasteiger partial charge >= 0.3 is 6.03 Å². The van der Waals surface area contributed by atoms with Crippen LogP contribution in [0.15, 0.2) is 84.9 Å². The number of para-hydroxylation sites is 2. The van der Waals surface area contributed by atoms with E-state index in [-0.39, 0.29) is 24.0 Å². The van der Waals surface area contributed by atoms with Crippen molar-refractivity contribution < 1.29 is 9.59 Å². The Labute approximate surface area is 197 Å². The van der Waals surface area contributed by atoms with Crippen LogP contribution in [0, 0.1) is 0 Å². The van der Waals surface area contributed by atoms with Crippen molar-refractivity contribution in [2.45, 2.75) is 46.3 Å². The first-order valence-corrected chi connectivity index (χ1v) is 11.4. The van der Waals surface area contributed by atoms with Crippen LogP contribution in [-0.2, 0) is 6.54 Å². The van der Waals surface area contributed by atoms with E-state index in [1.54, 1.807) is 22.9 Å². The van der Waals surface area contributed by atoms with E-state index < -0.39 is 0 Å². The molecule has 0 fully saturated rings. The van der Waals surface area contributed by atoms with E-state index in [1.165, 1.54) is 0 Å². The summed E-state index contributed by atoms with van der Waals surface area (Å²) in [5.74, 6) is -0.0791. The highest BCUT2D eigenvalue weighted by molar-refractivity contribution is 6.08. The Morgan fingerprint density at radius 1 is 0.727 bits per heavy atom. The van der Waals surface area contributed by atoms with Crippen molar-refractivity contribution in [3.8, 4) is 0 Å². The van der Waals surface area contributed by atoms with Gasteiger partial charge in [0.2, 0.25) is 0 Å². The Balaban J connectivity index is 1.98. The van der Waals surface area contributed by atoms with E-state index in [1.807, 2.05) is 111 Å². The molecule has 0 aliphatic rings. The van der Waals surface area contributed by atoms with Gasteiger partial charge in [-0.25, -0.2) is 4.79 Å². The predicted molar refractivity (Wildman–Crippen MR) is 136 cm³/mol. The summed E-state index contributed by atoms with van der Waals surface area (Å²) in [6, 6.07) is 26.7. The van der Waals surface area contributed by atoms with Gasteiger partial charge in [0.05, 0.1) is 17.8 Å². The zero-order valence-electron chi connectivity index (χ0n) is 20.1. The monoisotopic (exact) mass is 443 g/mol. The molecule has 0 heterocycles. The molecule has 0 saturated carbocycles. The van der Waals surface area contributed by atoms with Crippen LogP contribution < -0.4 is 9.80 Å². The van der Waals surface area contributed by atoms with Crippen LogP contribution >= 0.6 is 0 Å². The molecule has 0 radical (unpaired) electrons. The Hall–Kier alpha value is -3.60. The second kappa shape index (κ2) is 10.8. The fraction of sp³-hybridized carbons (Fsp3) is 0.286. The second-order valence-corrected chi connectivity index (χ2v) is 8.67. The van der Waals surface area contributed by atoms with E-state index >= 15 is 0 Å². The molecule has 0 N–H and O–H groups in total. The average Bonchev–Trinajstić information content (AvgIpc) is 2.82. The number of amides is 3. The molecule has 5 heteroatoms. The Kier molecular flexibility index (Phi) is 7.88. The Bertz CT molecular complexity index is 1060. The Morgan fingerprint density at radius 2 is 1.24 bits per heavy atom. The lowest BCUT2D eigenvalue weighted by atomic mass is 10.1. The number of benzene rings is 3. The molecule has 3 rings (SSSR count). The third kappa shape index (κ3) is 5.61. The highest BCUT2D eigenvalue weighted by Crippen LogP contribution is 2.26. The van der Waals surface area contributed by atoms with E-state index in [0.29, 0.717) is 17.8 Å². The van der Waals surface area contributed by atoms with Gasteiger partial charge in [-0.15, -0.1) is 0 Å². The molecule has 0 aromatic heterocycles. The first-order valence-electron chi connectivity index (χ1n) is 11.4. The summed E-state index contributed by atoms with van der Waals surface area (Å²) in [5.41, 5.74) is 2.93. The quantitative estimate of drug-likeness (QED) is 0.436. The van der Waals surface area contributed by atoms with E-state index in [4.69, 9.17) is 0 Å². The van der Waals surface area contributed by atoms with Gasteiger partial charge in [0.15, 0.2) is 0 Å². The van der Waals surface area contributed by atoms with Crippen LogP contribution in [0.4, 0.5) is 16.2 Å². The summed E-state index contributed by atoms with van der Waals surface area (Å²) in [7, 11) is 1.73. The van der Waals surface area contributed by atoms with Crippen molar-refractivity contribution in [1.29, 1.82) is 0 Å². The lowest BCUT2D eigenvalue weighted by Gasteiger charge is -2.33. The molecule has 33 heavy (non-hydrogen) atoms. The molecule has 0 bridgehead atoms. The lowest BCUT2D eigenvalue weighted by Crippen LogP contribution is -2.44. The maximum atomic E-state index is 13.8. The van der Waals surface area contributed by atoms with Crippen molar-refractivity contribution >= 4 is 23.3 Å². The standard InChI is InChI=1S/C28H33N3O2/c1-21(2)31(22(3)4)27(32)25-18-12-13-19-26(25)29(5)28(33)30(24-16-10-7-11-17-24)20-23-14-8-6-9-15-23/h6-19,21-22H,20H2,1-5H3. The highest BCUT2D eigenvalue weighted by Gasteiger charge is 2.28. The summed E-state index contributed by atoms with van der Waals surface area (Å²) in [5, 5.41) is 0. The molecular formula is C28H33N3O2. The number of carbonyl (C=O) groups is 2. The third-order valence-corrected chi connectivity index (χ3v) is 5.61. The number of hydrogen-bond donors (Lipinski definition) is 0. The third-order valence-electron chi connectivity index (χ3n) is 5.61. The van der Waals surface area contributed by atoms with Gasteiger partial charge in [0.25, 0.3) is 5.91 Å². The number of urea groups is 1. The van der Waals surface area contributed by atoms with Crippen LogP contribution in [-0.4, -0.2) is 36.0 Å². The number of rotatable bonds is 7. The maximum absolute atomic E-state index is 13.8. The SMILES string of the molecule is CC(C)N(C(=O)c1ccccc1N(C)C(=O)N(Cc1ccccc1)c1ccccc1)C(C)C. The Morgan fingerprint density at radius 3 is 1.82 bits per heavy atom. The molecule has 5 nitrogen and oxygen atoms in total. The molecule has 0 aliphatic carbocycles. The minimum atomic E-state index is -0.203. The number of anilines is 2. The zero-order valence-corrected chi connectivity index (χ0v) is 20.1. The van der Waals surface area contributed by atoms with Gasteiger partial charge in [-0.3, -0.25) is 14.6 Å². The minimum absolute atomic E-state index is 0.0467. The summed E-state index contributed by atoms with van der Waals surface area (Å²) in [6.07, 6.45) is 0. The first kappa shape index (κ1) is 24.1. The molecule has 0 spiro atoms. The van der Waals surface area contributed by atoms with E-state index in [0.717, 1.165) is 11.3 Å². The fourth-order valence-corrected chi connectivity index (χ4v) is 4.08. The minimum Gasteiger partial charge on any atom is -0.334 e. The molecule has 172 valence electrons. The molecular weight excluding hydrogens is 410 g/mol. The highest BCUT2D eigenvalue weighted by atomic mass is 16.2. The van der Waals surface area contributed by atoms with Crippen LogP contribution in [0.3, 0.4) is 0 Å². The second-order valence-electron chi connectivity index (χ2n) is 8.67. The van der Waals surface area contributed by atoms with Crippen molar-refractivity contribution in [1.82, 2.24) is 4.90 Å². The molecule has 0 aliphatic heterocycles. The van der Waals surface area contributed by atoms with Crippen LogP contribution in [0.2, 0.25) is 0 Å². The molecule has 3 amide bonds. The van der Waals surface area contributed by atoms with Crippen LogP contribution in [0.5, 0.6) is 0 Å². The van der Waals surface area contributed by atoms with E-state index in [2.05, 4.69) is 0 Å². The van der Waals surface area contributed by atoms with Crippen molar-refractivity contribution in [2.75, 3.05) is 16.8 Å². The van der Waals surface area contributed by atoms with Gasteiger partial charge < -0.3 is 4.90 Å². The number of hydrogen-bond acceptors (Lipinski definition) is 2. The summed E-state index contributed by atoms with van der Waals surface area (Å²) >= 11 is 0. The molecule has 3 aromatic carbocycles. The average molecular weight is 444 g/mol. The van der Waals surface area contributed by atoms with E-state index in [9.17, 15) is 9.59 Å². The van der Waals surface area contributed by atoms with Gasteiger partial charge in [-0.2, -0.15) is 0 Å². The summed E-state index contributed by atoms with van der Waals surface area (Å²) in [6.45, 7) is 8.45. The van der Waals surface area contributed by atoms with Crippen LogP contribution in [0.1, 0.15) is 43.6 Å². The zero-order chi connectivity index (χ0) is 24.0. The molecule has 0 saturated heterocycles. The molecule has 0 unspecified atom stereocenters. The predicted octanol–water partition coefficient (Wildman–Crippen LogP) is 6.21. The largest absolute Gasteiger partial charge is 0.334 e. The lowest BCUT2D eigenvalue weighted by molar-refractivity contribution is 0.0644. The van der Waals surface area contributed by atoms with Gasteiger partial charge in [-0.1, -0.05) is 60.7 Å². The number of nitrogens with zero attached hydrogens (tertiary/aromatic N) is 3. The van der Waals surface area contributed by atoms with Gasteiger partial charge in [0.1, 0.15) is 0 Å². The van der Waals surface area contributed by atoms with Gasteiger partial charge in [0, 0.05) is 24.8 Å². The number of carbonyl (C=O) groups excluding carboxylic acids is 2. The van der Waals surface area contributed by atoms with Crippen molar-refractivity contribution in [3.63, 3.8) is 0 Å². The maximum Gasteiger partial charge on any atom is 0.329 e. The normalized spacial score (nSPS) is 10.9. The van der Waals surface area contributed by atoms with Crippen molar-refractivity contribution in [2.24, 2.45) is 0 Å². The molecule has 3 aromatic rings. The van der Waals surface area contributed by atoms with Crippen molar-refractivity contribution in [3.05, 3.63) is 96.1 Å². The fourth-order valence-electron chi connectivity index (χ4n) is 4.08. The topological polar surface area (TPSA) is 43.9 Å². The van der Waals surface area contributed by atoms with Gasteiger partial charge in [-0.05, 0) is 57.5 Å². The summed E-state index contributed by atoms with van der Waals surface area (Å²) in [4.78, 5) is 32.4. The smallest absolute Gasteiger partial charge is 0.329 e.